The number of likely N-dealkylation sites (tertiary alicyclic amines) is 1. The van der Waals surface area contributed by atoms with Gasteiger partial charge < -0.3 is 4.90 Å². The van der Waals surface area contributed by atoms with Gasteiger partial charge in [0.1, 0.15) is 0 Å². The number of benzene rings is 1. The highest BCUT2D eigenvalue weighted by molar-refractivity contribution is 7.99. The van der Waals surface area contributed by atoms with Crippen molar-refractivity contribution in [2.75, 3.05) is 18.8 Å². The first-order valence-electron chi connectivity index (χ1n) is 9.21. The molecule has 1 saturated heterocycles. The zero-order chi connectivity index (χ0) is 18.3. The molecule has 0 spiro atoms. The Morgan fingerprint density at radius 3 is 2.54 bits per heavy atom. The third-order valence-corrected chi connectivity index (χ3v) is 6.15. The Bertz CT molecular complexity index is 989. The Balaban J connectivity index is 1.72. The molecule has 0 unspecified atom stereocenters. The van der Waals surface area contributed by atoms with Crippen molar-refractivity contribution in [1.29, 1.82) is 0 Å². The topological polar surface area (TPSA) is 50.5 Å². The number of piperidine rings is 1. The molecule has 0 atom stereocenters. The van der Waals surface area contributed by atoms with E-state index in [0.717, 1.165) is 47.8 Å². The molecule has 3 aromatic rings. The molecule has 1 amide bonds. The Kier molecular flexibility index (Phi) is 4.61. The van der Waals surface area contributed by atoms with Crippen LogP contribution in [0.3, 0.4) is 0 Å². The standard InChI is InChI=1S/C20H24N4OS/c1-13-7-8-14(2)18-16(13)11-15(3)19-21-22-20(24(18)19)26-12-17(25)23-9-5-4-6-10-23/h7-8,11H,4-6,9-10,12H2,1-3H3. The molecule has 4 rings (SSSR count). The molecule has 5 nitrogen and oxygen atoms in total. The van der Waals surface area contributed by atoms with Crippen molar-refractivity contribution in [1.82, 2.24) is 19.5 Å². The second-order valence-electron chi connectivity index (χ2n) is 7.16. The van der Waals surface area contributed by atoms with Crippen LogP contribution in [0.4, 0.5) is 0 Å². The third kappa shape index (κ3) is 2.96. The highest BCUT2D eigenvalue weighted by Gasteiger charge is 2.19. The number of hydrogen-bond acceptors (Lipinski definition) is 4. The first-order valence-corrected chi connectivity index (χ1v) is 10.2. The molecule has 3 heterocycles. The van der Waals surface area contributed by atoms with Crippen LogP contribution in [0.25, 0.3) is 16.6 Å². The molecule has 0 saturated carbocycles. The van der Waals surface area contributed by atoms with E-state index in [4.69, 9.17) is 0 Å². The van der Waals surface area contributed by atoms with Crippen LogP contribution in [0.2, 0.25) is 0 Å². The van der Waals surface area contributed by atoms with Crippen molar-refractivity contribution in [2.24, 2.45) is 0 Å². The predicted molar refractivity (Wildman–Crippen MR) is 106 cm³/mol. The molecular formula is C20H24N4OS. The van der Waals surface area contributed by atoms with Crippen molar-refractivity contribution in [3.8, 4) is 0 Å². The number of aromatic nitrogens is 3. The molecule has 1 aliphatic rings. The lowest BCUT2D eigenvalue weighted by molar-refractivity contribution is -0.129. The van der Waals surface area contributed by atoms with Crippen molar-refractivity contribution >= 4 is 34.2 Å². The Hall–Kier alpha value is -2.08. The summed E-state index contributed by atoms with van der Waals surface area (Å²) in [6.07, 6.45) is 3.47. The molecule has 1 aliphatic heterocycles. The summed E-state index contributed by atoms with van der Waals surface area (Å²) < 4.78 is 2.13. The normalized spacial score (nSPS) is 15.1. The van der Waals surface area contributed by atoms with Gasteiger partial charge in [-0.3, -0.25) is 9.20 Å². The van der Waals surface area contributed by atoms with Crippen LogP contribution < -0.4 is 0 Å². The van der Waals surface area contributed by atoms with E-state index in [0.29, 0.717) is 5.75 Å². The summed E-state index contributed by atoms with van der Waals surface area (Å²) in [6.45, 7) is 8.09. The summed E-state index contributed by atoms with van der Waals surface area (Å²) in [4.78, 5) is 14.5. The van der Waals surface area contributed by atoms with Crippen molar-refractivity contribution in [3.05, 3.63) is 34.9 Å². The molecule has 1 fully saturated rings. The number of fused-ring (bicyclic) bond motifs is 3. The van der Waals surface area contributed by atoms with E-state index < -0.39 is 0 Å². The van der Waals surface area contributed by atoms with E-state index in [1.807, 2.05) is 4.90 Å². The minimum atomic E-state index is 0.205. The van der Waals surface area contributed by atoms with E-state index in [2.05, 4.69) is 53.6 Å². The van der Waals surface area contributed by atoms with E-state index >= 15 is 0 Å². The van der Waals surface area contributed by atoms with Gasteiger partial charge in [-0.2, -0.15) is 0 Å². The van der Waals surface area contributed by atoms with Crippen LogP contribution in [-0.4, -0.2) is 44.2 Å². The first-order chi connectivity index (χ1) is 12.6. The van der Waals surface area contributed by atoms with Crippen LogP contribution >= 0.6 is 11.8 Å². The first kappa shape index (κ1) is 17.3. The molecule has 1 aromatic carbocycles. The SMILES string of the molecule is Cc1ccc(C)c2c1cc(C)c1nnc(SCC(=O)N3CCCCC3)n12. The minimum absolute atomic E-state index is 0.205. The molecule has 26 heavy (non-hydrogen) atoms. The quantitative estimate of drug-likeness (QED) is 0.658. The van der Waals surface area contributed by atoms with Gasteiger partial charge in [0.15, 0.2) is 10.8 Å². The molecule has 0 N–H and O–H groups in total. The molecular weight excluding hydrogens is 344 g/mol. The van der Waals surface area contributed by atoms with Gasteiger partial charge in [-0.1, -0.05) is 23.9 Å². The molecule has 0 radical (unpaired) electrons. The summed E-state index contributed by atoms with van der Waals surface area (Å²) in [6, 6.07) is 6.48. The zero-order valence-electron chi connectivity index (χ0n) is 15.6. The maximum atomic E-state index is 12.5. The van der Waals surface area contributed by atoms with Crippen LogP contribution in [0.15, 0.2) is 23.4 Å². The Morgan fingerprint density at radius 1 is 1.04 bits per heavy atom. The van der Waals surface area contributed by atoms with Gasteiger partial charge in [0.25, 0.3) is 0 Å². The van der Waals surface area contributed by atoms with Crippen LogP contribution in [0.1, 0.15) is 36.0 Å². The molecule has 6 heteroatoms. The monoisotopic (exact) mass is 368 g/mol. The van der Waals surface area contributed by atoms with Gasteiger partial charge in [-0.05, 0) is 62.8 Å². The maximum absolute atomic E-state index is 12.5. The van der Waals surface area contributed by atoms with E-state index in [-0.39, 0.29) is 5.91 Å². The van der Waals surface area contributed by atoms with Crippen LogP contribution in [0, 0.1) is 20.8 Å². The van der Waals surface area contributed by atoms with Gasteiger partial charge in [-0.15, -0.1) is 10.2 Å². The second kappa shape index (κ2) is 6.91. The average molecular weight is 369 g/mol. The van der Waals surface area contributed by atoms with Crippen LogP contribution in [0.5, 0.6) is 0 Å². The van der Waals surface area contributed by atoms with E-state index in [9.17, 15) is 4.79 Å². The lowest BCUT2D eigenvalue weighted by Gasteiger charge is -2.26. The lowest BCUT2D eigenvalue weighted by Crippen LogP contribution is -2.36. The zero-order valence-corrected chi connectivity index (χ0v) is 16.4. The highest BCUT2D eigenvalue weighted by atomic mass is 32.2. The molecule has 0 aliphatic carbocycles. The van der Waals surface area contributed by atoms with Gasteiger partial charge in [-0.25, -0.2) is 0 Å². The number of amides is 1. The van der Waals surface area contributed by atoms with Gasteiger partial charge in [0.05, 0.1) is 11.3 Å². The predicted octanol–water partition coefficient (Wildman–Crippen LogP) is 3.91. The largest absolute Gasteiger partial charge is 0.342 e. The van der Waals surface area contributed by atoms with Gasteiger partial charge in [0.2, 0.25) is 5.91 Å². The highest BCUT2D eigenvalue weighted by Crippen LogP contribution is 2.29. The summed E-state index contributed by atoms with van der Waals surface area (Å²) in [5, 5.41) is 10.8. The van der Waals surface area contributed by atoms with Gasteiger partial charge in [0, 0.05) is 18.5 Å². The number of hydrogen-bond donors (Lipinski definition) is 0. The summed E-state index contributed by atoms with van der Waals surface area (Å²) >= 11 is 1.49. The number of carbonyl (C=O) groups excluding carboxylic acids is 1. The second-order valence-corrected chi connectivity index (χ2v) is 8.10. The number of nitrogens with zero attached hydrogens (tertiary/aromatic N) is 4. The van der Waals surface area contributed by atoms with Crippen LogP contribution in [-0.2, 0) is 4.79 Å². The fourth-order valence-electron chi connectivity index (χ4n) is 3.76. The van der Waals surface area contributed by atoms with E-state index in [1.165, 1.54) is 34.7 Å². The van der Waals surface area contributed by atoms with Crippen molar-refractivity contribution in [3.63, 3.8) is 0 Å². The van der Waals surface area contributed by atoms with Crippen molar-refractivity contribution in [2.45, 2.75) is 45.2 Å². The average Bonchev–Trinajstić information content (AvgIpc) is 3.08. The fraction of sp³-hybridized carbons (Fsp3) is 0.450. The summed E-state index contributed by atoms with van der Waals surface area (Å²) in [5.41, 5.74) is 5.56. The van der Waals surface area contributed by atoms with E-state index in [1.54, 1.807) is 0 Å². The minimum Gasteiger partial charge on any atom is -0.342 e. The molecule has 0 bridgehead atoms. The van der Waals surface area contributed by atoms with Crippen molar-refractivity contribution < 1.29 is 4.79 Å². The number of pyridine rings is 1. The number of carbonyl (C=O) groups is 1. The Labute approximate surface area is 157 Å². The number of rotatable bonds is 3. The molecule has 2 aromatic heterocycles. The summed E-state index contributed by atoms with van der Waals surface area (Å²) in [7, 11) is 0. The summed E-state index contributed by atoms with van der Waals surface area (Å²) in [5.74, 6) is 0.623. The Morgan fingerprint density at radius 2 is 1.77 bits per heavy atom. The third-order valence-electron chi connectivity index (χ3n) is 5.24. The number of thioether (sulfide) groups is 1. The fourth-order valence-corrected chi connectivity index (χ4v) is 4.60. The molecule has 136 valence electrons. The lowest BCUT2D eigenvalue weighted by atomic mass is 10.0. The smallest absolute Gasteiger partial charge is 0.233 e. The van der Waals surface area contributed by atoms with Gasteiger partial charge >= 0.3 is 0 Å². The number of aryl methyl sites for hydroxylation is 3. The maximum Gasteiger partial charge on any atom is 0.233 e.